The zero-order valence-electron chi connectivity index (χ0n) is 12.3. The Labute approximate surface area is 125 Å². The van der Waals surface area contributed by atoms with Gasteiger partial charge in [0, 0.05) is 12.6 Å². The van der Waals surface area contributed by atoms with Crippen LogP contribution in [0.4, 0.5) is 0 Å². The molecular formula is C16H22ClNO2. The van der Waals surface area contributed by atoms with E-state index in [-0.39, 0.29) is 0 Å². The first-order valence-electron chi connectivity index (χ1n) is 7.05. The van der Waals surface area contributed by atoms with Crippen molar-refractivity contribution in [2.24, 2.45) is 0 Å². The molecule has 3 nitrogen and oxygen atoms in total. The molecule has 0 heterocycles. The summed E-state index contributed by atoms with van der Waals surface area (Å²) in [5.74, 6) is 1.29. The highest BCUT2D eigenvalue weighted by Gasteiger charge is 2.19. The molecule has 2 rings (SSSR count). The van der Waals surface area contributed by atoms with Crippen LogP contribution in [0.25, 0.3) is 6.08 Å². The average molecular weight is 296 g/mol. The lowest BCUT2D eigenvalue weighted by Crippen LogP contribution is -2.18. The molecule has 1 fully saturated rings. The van der Waals surface area contributed by atoms with Crippen molar-refractivity contribution in [2.75, 3.05) is 20.3 Å². The number of hydrogen-bond acceptors (Lipinski definition) is 3. The van der Waals surface area contributed by atoms with Gasteiger partial charge in [0.2, 0.25) is 0 Å². The Bertz CT molecular complexity index is 495. The third kappa shape index (κ3) is 4.15. The van der Waals surface area contributed by atoms with E-state index in [1.807, 2.05) is 19.1 Å². The minimum Gasteiger partial charge on any atom is -0.491 e. The van der Waals surface area contributed by atoms with Crippen molar-refractivity contribution in [2.45, 2.75) is 32.7 Å². The van der Waals surface area contributed by atoms with E-state index in [9.17, 15) is 0 Å². The van der Waals surface area contributed by atoms with Crippen LogP contribution in [0.2, 0.25) is 5.02 Å². The molecule has 0 bridgehead atoms. The Hall–Kier alpha value is -1.19. The maximum absolute atomic E-state index is 6.24. The van der Waals surface area contributed by atoms with Gasteiger partial charge in [0.1, 0.15) is 0 Å². The molecule has 20 heavy (non-hydrogen) atoms. The van der Waals surface area contributed by atoms with E-state index in [1.165, 1.54) is 18.4 Å². The number of rotatable bonds is 7. The second-order valence-corrected chi connectivity index (χ2v) is 5.52. The largest absolute Gasteiger partial charge is 0.491 e. The van der Waals surface area contributed by atoms with Crippen LogP contribution in [0, 0.1) is 0 Å². The molecule has 0 unspecified atom stereocenters. The molecule has 0 radical (unpaired) electrons. The van der Waals surface area contributed by atoms with E-state index in [4.69, 9.17) is 21.1 Å². The van der Waals surface area contributed by atoms with Crippen LogP contribution in [0.3, 0.4) is 0 Å². The molecule has 1 aromatic carbocycles. The fraction of sp³-hybridized carbons (Fsp3) is 0.500. The first-order chi connectivity index (χ1) is 9.63. The minimum atomic E-state index is 0.577. The maximum Gasteiger partial charge on any atom is 0.179 e. The molecule has 0 atom stereocenters. The predicted octanol–water partition coefficient (Wildman–Crippen LogP) is 3.90. The third-order valence-corrected chi connectivity index (χ3v) is 3.48. The molecule has 1 aliphatic carbocycles. The van der Waals surface area contributed by atoms with Crippen LogP contribution >= 0.6 is 11.6 Å². The van der Waals surface area contributed by atoms with Crippen LogP contribution in [0.15, 0.2) is 17.7 Å². The van der Waals surface area contributed by atoms with Gasteiger partial charge in [-0.3, -0.25) is 0 Å². The van der Waals surface area contributed by atoms with Crippen molar-refractivity contribution in [1.29, 1.82) is 0 Å². The van der Waals surface area contributed by atoms with Crippen molar-refractivity contribution in [3.8, 4) is 11.5 Å². The summed E-state index contributed by atoms with van der Waals surface area (Å²) < 4.78 is 10.9. The topological polar surface area (TPSA) is 30.5 Å². The third-order valence-electron chi connectivity index (χ3n) is 3.20. The number of halogens is 1. The molecule has 0 spiro atoms. The lowest BCUT2D eigenvalue weighted by Gasteiger charge is -2.12. The molecule has 0 amide bonds. The van der Waals surface area contributed by atoms with Gasteiger partial charge >= 0.3 is 0 Å². The van der Waals surface area contributed by atoms with Gasteiger partial charge in [-0.15, -0.1) is 0 Å². The van der Waals surface area contributed by atoms with Gasteiger partial charge in [-0.05, 0) is 44.4 Å². The van der Waals surface area contributed by atoms with Gasteiger partial charge in [-0.25, -0.2) is 0 Å². The van der Waals surface area contributed by atoms with E-state index >= 15 is 0 Å². The predicted molar refractivity (Wildman–Crippen MR) is 83.8 cm³/mol. The average Bonchev–Trinajstić information content (AvgIpc) is 3.20. The lowest BCUT2D eigenvalue weighted by molar-refractivity contribution is 0.311. The van der Waals surface area contributed by atoms with Crippen molar-refractivity contribution in [3.05, 3.63) is 28.3 Å². The van der Waals surface area contributed by atoms with Gasteiger partial charge in [0.15, 0.2) is 11.5 Å². The van der Waals surface area contributed by atoms with Crippen LogP contribution in [-0.2, 0) is 0 Å². The summed E-state index contributed by atoms with van der Waals surface area (Å²) in [6, 6.07) is 4.59. The van der Waals surface area contributed by atoms with E-state index in [2.05, 4.69) is 18.3 Å². The fourth-order valence-corrected chi connectivity index (χ4v) is 2.36. The standard InChI is InChI=1S/C16H22ClNO2/c1-4-20-15-9-12(8-14(17)16(15)19-3)7-11(2)10-18-13-5-6-13/h7-9,13,18H,4-6,10H2,1-3H3. The Morgan fingerprint density at radius 3 is 2.80 bits per heavy atom. The van der Waals surface area contributed by atoms with Crippen molar-refractivity contribution in [1.82, 2.24) is 5.32 Å². The second-order valence-electron chi connectivity index (χ2n) is 5.11. The zero-order chi connectivity index (χ0) is 14.5. The Morgan fingerprint density at radius 2 is 2.20 bits per heavy atom. The maximum atomic E-state index is 6.24. The number of ether oxygens (including phenoxy) is 2. The SMILES string of the molecule is CCOc1cc(C=C(C)CNC2CC2)cc(Cl)c1OC. The molecule has 1 saturated carbocycles. The summed E-state index contributed by atoms with van der Waals surface area (Å²) in [6.45, 7) is 5.56. The highest BCUT2D eigenvalue weighted by molar-refractivity contribution is 6.32. The molecule has 1 aromatic rings. The van der Waals surface area contributed by atoms with Crippen molar-refractivity contribution >= 4 is 17.7 Å². The summed E-state index contributed by atoms with van der Waals surface area (Å²) in [6.07, 6.45) is 4.73. The van der Waals surface area contributed by atoms with E-state index in [0.29, 0.717) is 23.1 Å². The monoisotopic (exact) mass is 295 g/mol. The second kappa shape index (κ2) is 7.00. The molecule has 1 N–H and O–H groups in total. The summed E-state index contributed by atoms with van der Waals surface area (Å²) in [7, 11) is 1.60. The van der Waals surface area contributed by atoms with Crippen LogP contribution in [0.1, 0.15) is 32.3 Å². The number of hydrogen-bond donors (Lipinski definition) is 1. The van der Waals surface area contributed by atoms with E-state index < -0.39 is 0 Å². The fourth-order valence-electron chi connectivity index (χ4n) is 2.06. The van der Waals surface area contributed by atoms with E-state index in [1.54, 1.807) is 7.11 Å². The number of benzene rings is 1. The highest BCUT2D eigenvalue weighted by atomic mass is 35.5. The van der Waals surface area contributed by atoms with Gasteiger partial charge in [-0.2, -0.15) is 0 Å². The molecule has 1 aliphatic rings. The molecule has 0 aliphatic heterocycles. The first kappa shape index (κ1) is 15.2. The lowest BCUT2D eigenvalue weighted by atomic mass is 10.1. The first-order valence-corrected chi connectivity index (χ1v) is 7.42. The van der Waals surface area contributed by atoms with Crippen LogP contribution < -0.4 is 14.8 Å². The van der Waals surface area contributed by atoms with Gasteiger partial charge < -0.3 is 14.8 Å². The molecule has 110 valence electrons. The number of methoxy groups -OCH3 is 1. The Morgan fingerprint density at radius 1 is 1.45 bits per heavy atom. The van der Waals surface area contributed by atoms with E-state index in [0.717, 1.165) is 18.2 Å². The summed E-state index contributed by atoms with van der Waals surface area (Å²) in [5, 5.41) is 4.07. The van der Waals surface area contributed by atoms with Gasteiger partial charge in [0.25, 0.3) is 0 Å². The molecular weight excluding hydrogens is 274 g/mol. The summed E-state index contributed by atoms with van der Waals surface area (Å²) >= 11 is 6.24. The molecule has 4 heteroatoms. The van der Waals surface area contributed by atoms with Crippen molar-refractivity contribution in [3.63, 3.8) is 0 Å². The normalized spacial score (nSPS) is 15.3. The molecule has 0 saturated heterocycles. The molecule has 0 aromatic heterocycles. The smallest absolute Gasteiger partial charge is 0.179 e. The van der Waals surface area contributed by atoms with Crippen LogP contribution in [-0.4, -0.2) is 26.3 Å². The Kier molecular flexibility index (Phi) is 5.32. The summed E-state index contributed by atoms with van der Waals surface area (Å²) in [4.78, 5) is 0. The zero-order valence-corrected chi connectivity index (χ0v) is 13.1. The quantitative estimate of drug-likeness (QED) is 0.827. The highest BCUT2D eigenvalue weighted by Crippen LogP contribution is 2.36. The van der Waals surface area contributed by atoms with Gasteiger partial charge in [0.05, 0.1) is 18.7 Å². The number of nitrogens with one attached hydrogen (secondary N) is 1. The minimum absolute atomic E-state index is 0.577. The summed E-state index contributed by atoms with van der Waals surface area (Å²) in [5.41, 5.74) is 2.31. The Balaban J connectivity index is 2.15. The van der Waals surface area contributed by atoms with Crippen LogP contribution in [0.5, 0.6) is 11.5 Å². The van der Waals surface area contributed by atoms with Gasteiger partial charge in [-0.1, -0.05) is 23.3 Å². The van der Waals surface area contributed by atoms with Crippen molar-refractivity contribution < 1.29 is 9.47 Å².